The van der Waals surface area contributed by atoms with Gasteiger partial charge in [-0.1, -0.05) is 30.3 Å². The first-order chi connectivity index (χ1) is 17.0. The summed E-state index contributed by atoms with van der Waals surface area (Å²) in [5.41, 5.74) is 4.42. The lowest BCUT2D eigenvalue weighted by molar-refractivity contribution is -0.121. The maximum Gasteiger partial charge on any atom is 0.259 e. The topological polar surface area (TPSA) is 72.2 Å². The number of nitrogens with zero attached hydrogens (tertiary/aromatic N) is 4. The Balaban J connectivity index is 1.39. The number of para-hydroxylation sites is 1. The number of piperidine rings is 1. The van der Waals surface area contributed by atoms with E-state index in [0.717, 1.165) is 35.3 Å². The lowest BCUT2D eigenvalue weighted by Crippen LogP contribution is -2.44. The number of nitrogens with one attached hydrogen (secondary N) is 1. The first-order valence-corrected chi connectivity index (χ1v) is 12.0. The average molecular weight is 468 g/mol. The molecular weight excluding hydrogens is 438 g/mol. The Morgan fingerprint density at radius 3 is 2.51 bits per heavy atom. The molecule has 1 aliphatic heterocycles. The number of amides is 2. The van der Waals surface area contributed by atoms with Crippen LogP contribution in [0, 0.1) is 19.8 Å². The largest absolute Gasteiger partial charge is 0.338 e. The number of aromatic nitrogens is 3. The zero-order chi connectivity index (χ0) is 24.4. The van der Waals surface area contributed by atoms with E-state index in [2.05, 4.69) is 10.4 Å². The second-order valence-corrected chi connectivity index (χ2v) is 9.05. The molecule has 7 heteroatoms. The van der Waals surface area contributed by atoms with Gasteiger partial charge in [-0.15, -0.1) is 0 Å². The van der Waals surface area contributed by atoms with Crippen molar-refractivity contribution in [2.75, 3.05) is 18.4 Å². The van der Waals surface area contributed by atoms with Crippen LogP contribution in [0.5, 0.6) is 0 Å². The SMILES string of the molecule is Cc1cccc(NC(=O)[C@@H]2CCCN(C(=O)c3cnn(-c4ccccc4)c3-n3cccc3)C2)c1C. The fourth-order valence-corrected chi connectivity index (χ4v) is 4.64. The Kier molecular flexibility index (Phi) is 6.23. The monoisotopic (exact) mass is 467 g/mol. The number of anilines is 1. The molecule has 0 spiro atoms. The van der Waals surface area contributed by atoms with E-state index in [-0.39, 0.29) is 17.7 Å². The molecule has 0 radical (unpaired) electrons. The Labute approximate surface area is 205 Å². The minimum absolute atomic E-state index is 0.0400. The van der Waals surface area contributed by atoms with Crippen LogP contribution >= 0.6 is 0 Å². The molecule has 0 saturated carbocycles. The molecule has 3 heterocycles. The van der Waals surface area contributed by atoms with Crippen molar-refractivity contribution >= 4 is 17.5 Å². The van der Waals surface area contributed by atoms with Gasteiger partial charge in [0.05, 0.1) is 17.8 Å². The summed E-state index contributed by atoms with van der Waals surface area (Å²) < 4.78 is 3.68. The zero-order valence-corrected chi connectivity index (χ0v) is 20.0. The van der Waals surface area contributed by atoms with Crippen LogP contribution in [0.25, 0.3) is 11.5 Å². The van der Waals surface area contributed by atoms with E-state index in [4.69, 9.17) is 0 Å². The third-order valence-corrected chi connectivity index (χ3v) is 6.77. The van der Waals surface area contributed by atoms with Crippen molar-refractivity contribution in [3.8, 4) is 11.5 Å². The number of carbonyl (C=O) groups is 2. The number of aryl methyl sites for hydroxylation is 1. The van der Waals surface area contributed by atoms with Gasteiger partial charge in [-0.2, -0.15) is 5.10 Å². The first-order valence-electron chi connectivity index (χ1n) is 12.0. The van der Waals surface area contributed by atoms with Crippen molar-refractivity contribution in [2.24, 2.45) is 5.92 Å². The summed E-state index contributed by atoms with van der Waals surface area (Å²) in [6, 6.07) is 19.5. The van der Waals surface area contributed by atoms with Crippen LogP contribution in [0.3, 0.4) is 0 Å². The van der Waals surface area contributed by atoms with Crippen molar-refractivity contribution in [1.82, 2.24) is 19.2 Å². The minimum atomic E-state index is -0.258. The molecule has 178 valence electrons. The van der Waals surface area contributed by atoms with Crippen molar-refractivity contribution in [2.45, 2.75) is 26.7 Å². The third kappa shape index (κ3) is 4.49. The van der Waals surface area contributed by atoms with E-state index in [0.29, 0.717) is 24.5 Å². The molecule has 1 atom stereocenters. The van der Waals surface area contributed by atoms with Crippen molar-refractivity contribution in [1.29, 1.82) is 0 Å². The highest BCUT2D eigenvalue weighted by Crippen LogP contribution is 2.26. The summed E-state index contributed by atoms with van der Waals surface area (Å²) in [4.78, 5) is 28.6. The van der Waals surface area contributed by atoms with Crippen molar-refractivity contribution in [3.63, 3.8) is 0 Å². The molecule has 0 aliphatic carbocycles. The molecule has 1 aliphatic rings. The van der Waals surface area contributed by atoms with Crippen molar-refractivity contribution in [3.05, 3.63) is 95.9 Å². The molecule has 1 fully saturated rings. The van der Waals surface area contributed by atoms with Gasteiger partial charge >= 0.3 is 0 Å². The van der Waals surface area contributed by atoms with Crippen LogP contribution < -0.4 is 5.32 Å². The normalized spacial score (nSPS) is 15.7. The van der Waals surface area contributed by atoms with Gasteiger partial charge in [0.1, 0.15) is 5.56 Å². The smallest absolute Gasteiger partial charge is 0.259 e. The molecule has 0 bridgehead atoms. The third-order valence-electron chi connectivity index (χ3n) is 6.77. The Morgan fingerprint density at radius 2 is 1.74 bits per heavy atom. The predicted octanol–water partition coefficient (Wildman–Crippen LogP) is 4.77. The first kappa shape index (κ1) is 22.7. The van der Waals surface area contributed by atoms with E-state index in [1.807, 2.05) is 91.5 Å². The number of hydrogen-bond donors (Lipinski definition) is 1. The summed E-state index contributed by atoms with van der Waals surface area (Å²) >= 11 is 0. The second-order valence-electron chi connectivity index (χ2n) is 9.05. The van der Waals surface area contributed by atoms with Crippen LogP contribution in [0.4, 0.5) is 5.69 Å². The molecule has 4 aromatic rings. The summed E-state index contributed by atoms with van der Waals surface area (Å²) in [5.74, 6) is 0.280. The molecule has 2 aromatic carbocycles. The minimum Gasteiger partial charge on any atom is -0.338 e. The average Bonchev–Trinajstić information content (AvgIpc) is 3.57. The standard InChI is InChI=1S/C28H29N5O2/c1-20-10-8-14-25(21(20)2)30-26(34)22-11-9-17-32(19-22)28(35)24-18-29-33(23-12-4-3-5-13-23)27(24)31-15-6-7-16-31/h3-8,10,12-16,18,22H,9,11,17,19H2,1-2H3,(H,30,34)/t22-/m1/s1. The summed E-state index contributed by atoms with van der Waals surface area (Å²) in [5, 5.41) is 7.64. The molecule has 2 amide bonds. The Bertz CT molecular complexity index is 1340. The molecule has 7 nitrogen and oxygen atoms in total. The Morgan fingerprint density at radius 1 is 0.971 bits per heavy atom. The summed E-state index contributed by atoms with van der Waals surface area (Å²) in [6.07, 6.45) is 6.98. The van der Waals surface area contributed by atoms with Gasteiger partial charge in [-0.05, 0) is 68.1 Å². The van der Waals surface area contributed by atoms with Gasteiger partial charge in [0.2, 0.25) is 5.91 Å². The van der Waals surface area contributed by atoms with Gasteiger partial charge < -0.3 is 14.8 Å². The lowest BCUT2D eigenvalue weighted by atomic mass is 9.96. The molecule has 2 aromatic heterocycles. The number of rotatable bonds is 5. The highest BCUT2D eigenvalue weighted by Gasteiger charge is 2.31. The van der Waals surface area contributed by atoms with E-state index in [9.17, 15) is 9.59 Å². The molecule has 35 heavy (non-hydrogen) atoms. The van der Waals surface area contributed by atoms with Gasteiger partial charge in [0.25, 0.3) is 5.91 Å². The van der Waals surface area contributed by atoms with Crippen LogP contribution in [-0.2, 0) is 4.79 Å². The van der Waals surface area contributed by atoms with Crippen LogP contribution in [0.15, 0.2) is 79.3 Å². The van der Waals surface area contributed by atoms with Gasteiger partial charge in [0, 0.05) is 31.2 Å². The van der Waals surface area contributed by atoms with E-state index < -0.39 is 0 Å². The number of hydrogen-bond acceptors (Lipinski definition) is 3. The van der Waals surface area contributed by atoms with E-state index in [1.54, 1.807) is 15.8 Å². The summed E-state index contributed by atoms with van der Waals surface area (Å²) in [6.45, 7) is 5.05. The molecule has 1 saturated heterocycles. The second kappa shape index (κ2) is 9.62. The maximum atomic E-state index is 13.7. The number of carbonyl (C=O) groups excluding carboxylic acids is 2. The number of likely N-dealkylation sites (tertiary alicyclic amines) is 1. The molecule has 0 unspecified atom stereocenters. The zero-order valence-electron chi connectivity index (χ0n) is 20.0. The predicted molar refractivity (Wildman–Crippen MR) is 136 cm³/mol. The fourth-order valence-electron chi connectivity index (χ4n) is 4.64. The lowest BCUT2D eigenvalue weighted by Gasteiger charge is -2.32. The highest BCUT2D eigenvalue weighted by atomic mass is 16.2. The quantitative estimate of drug-likeness (QED) is 0.460. The van der Waals surface area contributed by atoms with Gasteiger partial charge in [-0.3, -0.25) is 9.59 Å². The van der Waals surface area contributed by atoms with E-state index in [1.165, 1.54) is 0 Å². The molecular formula is C28H29N5O2. The Hall–Kier alpha value is -4.13. The fraction of sp³-hybridized carbons (Fsp3) is 0.250. The maximum absolute atomic E-state index is 13.7. The molecule has 5 rings (SSSR count). The van der Waals surface area contributed by atoms with Gasteiger partial charge in [-0.25, -0.2) is 4.68 Å². The van der Waals surface area contributed by atoms with Crippen LogP contribution in [-0.4, -0.2) is 44.2 Å². The van der Waals surface area contributed by atoms with E-state index >= 15 is 0 Å². The van der Waals surface area contributed by atoms with Crippen LogP contribution in [0.1, 0.15) is 34.3 Å². The molecule has 1 N–H and O–H groups in total. The number of benzene rings is 2. The van der Waals surface area contributed by atoms with Crippen molar-refractivity contribution < 1.29 is 9.59 Å². The van der Waals surface area contributed by atoms with Crippen LogP contribution in [0.2, 0.25) is 0 Å². The van der Waals surface area contributed by atoms with Gasteiger partial charge in [0.15, 0.2) is 5.82 Å². The summed E-state index contributed by atoms with van der Waals surface area (Å²) in [7, 11) is 0. The highest BCUT2D eigenvalue weighted by molar-refractivity contribution is 5.98.